The normalized spacial score (nSPS) is 15.2. The van der Waals surface area contributed by atoms with E-state index in [1.165, 1.54) is 19.2 Å². The molecule has 3 rings (SSSR count). The van der Waals surface area contributed by atoms with E-state index in [0.717, 1.165) is 11.6 Å². The third-order valence-electron chi connectivity index (χ3n) is 6.60. The molecular weight excluding hydrogens is 577 g/mol. The molecule has 0 bridgehead atoms. The standard InChI is InChI=1S/C28H30ClF3N6O4/c1-17(6-7-18(2)26(41)36-24-14-21(28(30,31)32)22(29)15-34-24)19(3)35-27(42)23-13-20(5-4-8-33-23)37-9-11-38(12-10-37)25(40)16-39/h4-8,13-15,19,39H,9-12,16H2,1-3H3,(H-,34,35,36,41,42)/p+1/b17-6+,18-7+/t19-/m1/s1. The number of piperazine rings is 1. The van der Waals surface area contributed by atoms with Crippen molar-refractivity contribution in [1.29, 1.82) is 0 Å². The average molecular weight is 608 g/mol. The van der Waals surface area contributed by atoms with E-state index in [2.05, 4.69) is 20.6 Å². The maximum atomic E-state index is 13.1. The minimum atomic E-state index is -4.70. The van der Waals surface area contributed by atoms with E-state index < -0.39 is 41.2 Å². The number of aliphatic hydroxyl groups is 1. The lowest BCUT2D eigenvalue weighted by molar-refractivity contribution is -0.137. The van der Waals surface area contributed by atoms with Crippen LogP contribution in [0.5, 0.6) is 0 Å². The van der Waals surface area contributed by atoms with Crippen LogP contribution in [-0.4, -0.2) is 76.5 Å². The van der Waals surface area contributed by atoms with Gasteiger partial charge in [-0.2, -0.15) is 13.2 Å². The van der Waals surface area contributed by atoms with Crippen LogP contribution < -0.4 is 20.6 Å². The van der Waals surface area contributed by atoms with E-state index in [1.807, 2.05) is 10.6 Å². The van der Waals surface area contributed by atoms with Crippen molar-refractivity contribution in [3.8, 4) is 0 Å². The van der Waals surface area contributed by atoms with E-state index >= 15 is 0 Å². The summed E-state index contributed by atoms with van der Waals surface area (Å²) in [6.07, 6.45) is 0.729. The summed E-state index contributed by atoms with van der Waals surface area (Å²) in [6.45, 7) is 6.42. The molecule has 1 saturated heterocycles. The monoisotopic (exact) mass is 607 g/mol. The van der Waals surface area contributed by atoms with Crippen LogP contribution in [-0.2, 0) is 15.8 Å². The summed E-state index contributed by atoms with van der Waals surface area (Å²) in [5, 5.41) is 14.4. The lowest BCUT2D eigenvalue weighted by atomic mass is 10.1. The topological polar surface area (TPSA) is 128 Å². The predicted octanol–water partition coefficient (Wildman–Crippen LogP) is 2.41. The van der Waals surface area contributed by atoms with Crippen LogP contribution in [0.3, 0.4) is 0 Å². The number of amides is 3. The molecule has 224 valence electrons. The Morgan fingerprint density at radius 2 is 1.86 bits per heavy atom. The zero-order chi connectivity index (χ0) is 31.0. The smallest absolute Gasteiger partial charge is 0.387 e. The first-order valence-electron chi connectivity index (χ1n) is 12.9. The van der Waals surface area contributed by atoms with Gasteiger partial charge in [0.2, 0.25) is 11.3 Å². The van der Waals surface area contributed by atoms with E-state index in [4.69, 9.17) is 16.7 Å². The lowest BCUT2D eigenvalue weighted by Gasteiger charge is -2.24. The summed E-state index contributed by atoms with van der Waals surface area (Å²) in [7, 11) is 0. The zero-order valence-electron chi connectivity index (χ0n) is 23.2. The van der Waals surface area contributed by atoms with Crippen LogP contribution in [0.25, 0.3) is 0 Å². The molecule has 0 saturated carbocycles. The molecule has 3 heterocycles. The van der Waals surface area contributed by atoms with Crippen LogP contribution in [0.4, 0.5) is 19.0 Å². The highest BCUT2D eigenvalue weighted by Crippen LogP contribution is 2.35. The van der Waals surface area contributed by atoms with Gasteiger partial charge >= 0.3 is 6.18 Å². The van der Waals surface area contributed by atoms with E-state index in [-0.39, 0.29) is 23.0 Å². The molecule has 0 unspecified atom stereocenters. The number of pyridine rings is 1. The molecule has 42 heavy (non-hydrogen) atoms. The second-order valence-electron chi connectivity index (χ2n) is 9.57. The Kier molecular flexibility index (Phi) is 10.9. The fourth-order valence-electron chi connectivity index (χ4n) is 3.93. The van der Waals surface area contributed by atoms with Crippen molar-refractivity contribution in [3.63, 3.8) is 0 Å². The van der Waals surface area contributed by atoms with Crippen molar-refractivity contribution in [3.05, 3.63) is 81.6 Å². The molecule has 10 nitrogen and oxygen atoms in total. The lowest BCUT2D eigenvalue weighted by Crippen LogP contribution is -2.50. The Balaban J connectivity index is 1.67. The van der Waals surface area contributed by atoms with Gasteiger partial charge in [-0.1, -0.05) is 29.3 Å². The summed E-state index contributed by atoms with van der Waals surface area (Å²) in [6, 6.07) is 5.42. The Hall–Kier alpha value is -4.10. The van der Waals surface area contributed by atoms with Crippen LogP contribution in [0.1, 0.15) is 36.8 Å². The summed E-state index contributed by atoms with van der Waals surface area (Å²) in [5.41, 5.74) is -0.0320. The number of aromatic nitrogens is 2. The zero-order valence-corrected chi connectivity index (χ0v) is 24.0. The van der Waals surface area contributed by atoms with Gasteiger partial charge in [-0.25, -0.2) is 9.56 Å². The molecule has 2 aromatic rings. The summed E-state index contributed by atoms with van der Waals surface area (Å²) < 4.78 is 41.3. The fourth-order valence-corrected chi connectivity index (χ4v) is 4.14. The Morgan fingerprint density at radius 1 is 1.17 bits per heavy atom. The second kappa shape index (κ2) is 14.2. The molecule has 0 aromatic carbocycles. The number of carbonyl (C=O) groups excluding carboxylic acids is 3. The first-order valence-corrected chi connectivity index (χ1v) is 13.3. The highest BCUT2D eigenvalue weighted by Gasteiger charge is 2.34. The number of aliphatic hydroxyl groups excluding tert-OH is 1. The van der Waals surface area contributed by atoms with Gasteiger partial charge in [0.05, 0.1) is 23.7 Å². The van der Waals surface area contributed by atoms with Crippen LogP contribution in [0.2, 0.25) is 5.02 Å². The van der Waals surface area contributed by atoms with Gasteiger partial charge < -0.3 is 20.6 Å². The van der Waals surface area contributed by atoms with Crippen molar-refractivity contribution < 1.29 is 32.7 Å². The van der Waals surface area contributed by atoms with E-state index in [1.54, 1.807) is 37.0 Å². The maximum Gasteiger partial charge on any atom is 0.418 e. The number of halogens is 4. The van der Waals surface area contributed by atoms with Gasteiger partial charge in [-0.15, -0.1) is 0 Å². The molecule has 1 aliphatic heterocycles. The SMILES string of the molecule is C/C(=C\C=C(/C)[C@@H](C)NC(=O)c1cc(=[N+]2CCN(C(=O)CO)CC2)cccn1)C(=O)Nc1cc(C(F)(F)F)c(Cl)cn1. The molecule has 1 atom stereocenters. The van der Waals surface area contributed by atoms with Crippen molar-refractivity contribution in [2.45, 2.75) is 33.0 Å². The van der Waals surface area contributed by atoms with Gasteiger partial charge in [0.25, 0.3) is 11.8 Å². The van der Waals surface area contributed by atoms with Gasteiger partial charge in [0.15, 0.2) is 13.1 Å². The molecule has 14 heteroatoms. The molecule has 1 fully saturated rings. The Bertz CT molecular complexity index is 1480. The fraction of sp³-hybridized carbons (Fsp3) is 0.357. The second-order valence-corrected chi connectivity index (χ2v) is 9.98. The molecule has 3 N–H and O–H groups in total. The highest BCUT2D eigenvalue weighted by molar-refractivity contribution is 6.31. The first-order chi connectivity index (χ1) is 19.8. The molecule has 2 aromatic heterocycles. The van der Waals surface area contributed by atoms with Crippen molar-refractivity contribution in [2.75, 3.05) is 38.1 Å². The highest BCUT2D eigenvalue weighted by atomic mass is 35.5. The van der Waals surface area contributed by atoms with E-state index in [9.17, 15) is 27.6 Å². The molecule has 0 spiro atoms. The molecular formula is C28H31ClF3N6O4+. The number of anilines is 1. The number of carbonyl (C=O) groups is 3. The van der Waals surface area contributed by atoms with Crippen molar-refractivity contribution in [2.24, 2.45) is 0 Å². The number of hydrogen-bond donors (Lipinski definition) is 3. The summed E-state index contributed by atoms with van der Waals surface area (Å²) >= 11 is 5.57. The maximum absolute atomic E-state index is 13.1. The van der Waals surface area contributed by atoms with E-state index in [0.29, 0.717) is 37.8 Å². The van der Waals surface area contributed by atoms with Gasteiger partial charge in [0, 0.05) is 36.1 Å². The minimum absolute atomic E-state index is 0.184. The largest absolute Gasteiger partial charge is 0.418 e. The number of allylic oxidation sites excluding steroid dienone is 2. The summed E-state index contributed by atoms with van der Waals surface area (Å²) in [5.74, 6) is -1.70. The quantitative estimate of drug-likeness (QED) is 0.252. The van der Waals surface area contributed by atoms with Crippen LogP contribution in [0, 0.1) is 0 Å². The van der Waals surface area contributed by atoms with Crippen molar-refractivity contribution in [1.82, 2.24) is 24.8 Å². The van der Waals surface area contributed by atoms with Gasteiger partial charge in [-0.05, 0) is 32.9 Å². The third kappa shape index (κ3) is 8.70. The first kappa shape index (κ1) is 32.4. The Morgan fingerprint density at radius 3 is 2.50 bits per heavy atom. The van der Waals surface area contributed by atoms with Crippen molar-refractivity contribution >= 4 is 35.1 Å². The molecule has 0 radical (unpaired) electrons. The number of hydrogen-bond acceptors (Lipinski definition) is 6. The molecule has 1 aliphatic rings. The minimum Gasteiger partial charge on any atom is -0.387 e. The number of nitrogens with zero attached hydrogens (tertiary/aromatic N) is 4. The number of alkyl halides is 3. The third-order valence-corrected chi connectivity index (χ3v) is 6.91. The number of nitrogens with one attached hydrogen (secondary N) is 2. The van der Waals surface area contributed by atoms with Gasteiger partial charge in [-0.3, -0.25) is 19.4 Å². The molecule has 0 aliphatic carbocycles. The summed E-state index contributed by atoms with van der Waals surface area (Å²) in [4.78, 5) is 46.8. The van der Waals surface area contributed by atoms with Crippen LogP contribution in [0.15, 0.2) is 60.0 Å². The Labute approximate surface area is 245 Å². The molecule has 3 amide bonds. The predicted molar refractivity (Wildman–Crippen MR) is 150 cm³/mol. The average Bonchev–Trinajstić information content (AvgIpc) is 3.22. The number of rotatable bonds is 7. The van der Waals surface area contributed by atoms with Gasteiger partial charge in [0.1, 0.15) is 18.1 Å². The van der Waals surface area contributed by atoms with Crippen LogP contribution >= 0.6 is 11.6 Å².